The van der Waals surface area contributed by atoms with Crippen LogP contribution < -0.4 is 18.9 Å². The molecule has 5 nitrogen and oxygen atoms in total. The maximum Gasteiger partial charge on any atom is 0.231 e. The summed E-state index contributed by atoms with van der Waals surface area (Å²) in [5.74, 6) is 2.39. The quantitative estimate of drug-likeness (QED) is 0.932. The molecule has 0 atom stereocenters. The van der Waals surface area contributed by atoms with E-state index in [1.165, 1.54) is 7.11 Å². The number of benzene rings is 2. The second-order valence-corrected chi connectivity index (χ2v) is 4.30. The van der Waals surface area contributed by atoms with Crippen LogP contribution >= 0.6 is 0 Å². The van der Waals surface area contributed by atoms with Gasteiger partial charge in [-0.2, -0.15) is 0 Å². The minimum absolute atomic E-state index is 0.101. The standard InChI is InChI=1S/C15H14O5/c1-17-12-5-9(3-4-11(12)16)10-6-13(18-2)15-14(7-10)19-8-20-15/h3-7,16H,8H2,1-2H3. The normalized spacial score (nSPS) is 12.3. The molecule has 0 aromatic heterocycles. The molecule has 0 saturated heterocycles. The molecule has 0 radical (unpaired) electrons. The van der Waals surface area contributed by atoms with Gasteiger partial charge in [-0.05, 0) is 35.4 Å². The highest BCUT2D eigenvalue weighted by Gasteiger charge is 2.20. The van der Waals surface area contributed by atoms with Gasteiger partial charge in [0.2, 0.25) is 12.5 Å². The molecule has 0 amide bonds. The van der Waals surface area contributed by atoms with Crippen molar-refractivity contribution in [2.75, 3.05) is 21.0 Å². The van der Waals surface area contributed by atoms with Crippen LogP contribution in [0.1, 0.15) is 0 Å². The highest BCUT2D eigenvalue weighted by Crippen LogP contribution is 2.44. The maximum atomic E-state index is 9.64. The molecule has 0 saturated carbocycles. The summed E-state index contributed by atoms with van der Waals surface area (Å²) in [5, 5.41) is 9.64. The fraction of sp³-hybridized carbons (Fsp3) is 0.200. The molecule has 1 N–H and O–H groups in total. The summed E-state index contributed by atoms with van der Waals surface area (Å²) >= 11 is 0. The second-order valence-electron chi connectivity index (χ2n) is 4.30. The van der Waals surface area contributed by atoms with Crippen LogP contribution in [-0.2, 0) is 0 Å². The van der Waals surface area contributed by atoms with E-state index in [-0.39, 0.29) is 12.5 Å². The molecule has 20 heavy (non-hydrogen) atoms. The van der Waals surface area contributed by atoms with Gasteiger partial charge in [0.15, 0.2) is 23.0 Å². The summed E-state index contributed by atoms with van der Waals surface area (Å²) < 4.78 is 21.2. The van der Waals surface area contributed by atoms with Gasteiger partial charge < -0.3 is 24.1 Å². The first-order valence-electron chi connectivity index (χ1n) is 6.08. The first-order chi connectivity index (χ1) is 9.72. The Balaban J connectivity index is 2.10. The van der Waals surface area contributed by atoms with Gasteiger partial charge in [0.1, 0.15) is 0 Å². The minimum Gasteiger partial charge on any atom is -0.504 e. The number of phenolic OH excluding ortho intramolecular Hbond substituents is 1. The molecular formula is C15H14O5. The van der Waals surface area contributed by atoms with Gasteiger partial charge in [0.25, 0.3) is 0 Å². The van der Waals surface area contributed by atoms with E-state index >= 15 is 0 Å². The molecule has 2 aromatic rings. The lowest BCUT2D eigenvalue weighted by molar-refractivity contribution is 0.171. The highest BCUT2D eigenvalue weighted by atomic mass is 16.7. The first kappa shape index (κ1) is 12.5. The van der Waals surface area contributed by atoms with Gasteiger partial charge in [-0.3, -0.25) is 0 Å². The van der Waals surface area contributed by atoms with Crippen molar-refractivity contribution in [1.29, 1.82) is 0 Å². The smallest absolute Gasteiger partial charge is 0.231 e. The first-order valence-corrected chi connectivity index (χ1v) is 6.08. The third-order valence-corrected chi connectivity index (χ3v) is 3.17. The molecule has 0 bridgehead atoms. The van der Waals surface area contributed by atoms with Gasteiger partial charge in [0, 0.05) is 0 Å². The molecule has 0 spiro atoms. The van der Waals surface area contributed by atoms with Crippen molar-refractivity contribution >= 4 is 0 Å². The highest BCUT2D eigenvalue weighted by molar-refractivity contribution is 5.73. The number of ether oxygens (including phenoxy) is 4. The van der Waals surface area contributed by atoms with Gasteiger partial charge in [-0.15, -0.1) is 0 Å². The van der Waals surface area contributed by atoms with Crippen molar-refractivity contribution in [1.82, 2.24) is 0 Å². The number of phenols is 1. The number of rotatable bonds is 3. The maximum absolute atomic E-state index is 9.64. The van der Waals surface area contributed by atoms with E-state index in [0.717, 1.165) is 11.1 Å². The summed E-state index contributed by atoms with van der Waals surface area (Å²) in [5.41, 5.74) is 1.78. The number of hydrogen-bond acceptors (Lipinski definition) is 5. The Labute approximate surface area is 116 Å². The lowest BCUT2D eigenvalue weighted by atomic mass is 10.0. The molecule has 104 valence electrons. The molecule has 2 aromatic carbocycles. The van der Waals surface area contributed by atoms with Crippen LogP contribution in [0.5, 0.6) is 28.7 Å². The van der Waals surface area contributed by atoms with E-state index in [4.69, 9.17) is 18.9 Å². The Morgan fingerprint density at radius 1 is 0.950 bits per heavy atom. The summed E-state index contributed by atoms with van der Waals surface area (Å²) in [6, 6.07) is 8.88. The Hall–Kier alpha value is -2.56. The van der Waals surface area contributed by atoms with Crippen molar-refractivity contribution in [3.63, 3.8) is 0 Å². The molecule has 1 heterocycles. The van der Waals surface area contributed by atoms with Crippen molar-refractivity contribution < 1.29 is 24.1 Å². The Morgan fingerprint density at radius 2 is 1.70 bits per heavy atom. The molecule has 1 aliphatic heterocycles. The second kappa shape index (κ2) is 4.85. The Morgan fingerprint density at radius 3 is 2.45 bits per heavy atom. The fourth-order valence-electron chi connectivity index (χ4n) is 2.15. The van der Waals surface area contributed by atoms with Gasteiger partial charge in [0.05, 0.1) is 14.2 Å². The number of methoxy groups -OCH3 is 2. The van der Waals surface area contributed by atoms with E-state index in [1.54, 1.807) is 25.3 Å². The van der Waals surface area contributed by atoms with E-state index < -0.39 is 0 Å². The van der Waals surface area contributed by atoms with Crippen molar-refractivity contribution in [3.8, 4) is 39.9 Å². The lowest BCUT2D eigenvalue weighted by Gasteiger charge is -2.10. The Kier molecular flexibility index (Phi) is 3.02. The van der Waals surface area contributed by atoms with Gasteiger partial charge in [-0.25, -0.2) is 0 Å². The van der Waals surface area contributed by atoms with Crippen molar-refractivity contribution in [3.05, 3.63) is 30.3 Å². The van der Waals surface area contributed by atoms with Crippen LogP contribution in [0.25, 0.3) is 11.1 Å². The molecule has 0 unspecified atom stereocenters. The summed E-state index contributed by atoms with van der Waals surface area (Å²) in [7, 11) is 3.09. The van der Waals surface area contributed by atoms with E-state index in [9.17, 15) is 5.11 Å². The zero-order valence-electron chi connectivity index (χ0n) is 11.2. The van der Waals surface area contributed by atoms with E-state index in [2.05, 4.69) is 0 Å². The topological polar surface area (TPSA) is 57.2 Å². The Bertz CT molecular complexity index is 651. The molecule has 0 aliphatic carbocycles. The van der Waals surface area contributed by atoms with Crippen LogP contribution in [0, 0.1) is 0 Å². The molecule has 0 fully saturated rings. The van der Waals surface area contributed by atoms with Crippen LogP contribution in [-0.4, -0.2) is 26.1 Å². The van der Waals surface area contributed by atoms with Crippen molar-refractivity contribution in [2.24, 2.45) is 0 Å². The summed E-state index contributed by atoms with van der Waals surface area (Å²) in [6.07, 6.45) is 0. The number of aromatic hydroxyl groups is 1. The van der Waals surface area contributed by atoms with Crippen molar-refractivity contribution in [2.45, 2.75) is 0 Å². The largest absolute Gasteiger partial charge is 0.504 e. The average molecular weight is 274 g/mol. The average Bonchev–Trinajstić information content (AvgIpc) is 2.95. The summed E-state index contributed by atoms with van der Waals surface area (Å²) in [4.78, 5) is 0. The molecular weight excluding hydrogens is 260 g/mol. The van der Waals surface area contributed by atoms with Gasteiger partial charge in [-0.1, -0.05) is 6.07 Å². The van der Waals surface area contributed by atoms with Crippen LogP contribution in [0.3, 0.4) is 0 Å². The minimum atomic E-state index is 0.101. The summed E-state index contributed by atoms with van der Waals surface area (Å²) in [6.45, 7) is 0.189. The zero-order chi connectivity index (χ0) is 14.1. The van der Waals surface area contributed by atoms with Crippen LogP contribution in [0.2, 0.25) is 0 Å². The number of hydrogen-bond donors (Lipinski definition) is 1. The third-order valence-electron chi connectivity index (χ3n) is 3.17. The van der Waals surface area contributed by atoms with E-state index in [1.807, 2.05) is 12.1 Å². The van der Waals surface area contributed by atoms with Crippen LogP contribution in [0.15, 0.2) is 30.3 Å². The SMILES string of the molecule is COc1cc(-c2cc(OC)c3c(c2)OCO3)ccc1O. The predicted molar refractivity (Wildman–Crippen MR) is 72.8 cm³/mol. The zero-order valence-corrected chi connectivity index (χ0v) is 11.2. The molecule has 3 rings (SSSR count). The van der Waals surface area contributed by atoms with Gasteiger partial charge >= 0.3 is 0 Å². The predicted octanol–water partition coefficient (Wildman–Crippen LogP) is 2.81. The molecule has 5 heteroatoms. The molecule has 1 aliphatic rings. The number of fused-ring (bicyclic) bond motifs is 1. The van der Waals surface area contributed by atoms with E-state index in [0.29, 0.717) is 23.0 Å². The fourth-order valence-corrected chi connectivity index (χ4v) is 2.15. The lowest BCUT2D eigenvalue weighted by Crippen LogP contribution is -1.93. The van der Waals surface area contributed by atoms with Crippen LogP contribution in [0.4, 0.5) is 0 Å². The third kappa shape index (κ3) is 1.97. The monoisotopic (exact) mass is 274 g/mol.